The molecule has 0 fully saturated rings. The summed E-state index contributed by atoms with van der Waals surface area (Å²) in [6.07, 6.45) is 2.31. The third-order valence-electron chi connectivity index (χ3n) is 1.94. The van der Waals surface area contributed by atoms with Gasteiger partial charge in [-0.1, -0.05) is 0 Å². The molecule has 74 valence electrons. The SMILES string of the molecule is CCn1ncc(C(N)CCO)c1Br. The average molecular weight is 248 g/mol. The molecule has 0 saturated heterocycles. The second-order valence-electron chi connectivity index (χ2n) is 2.83. The molecule has 0 aliphatic rings. The molecule has 0 radical (unpaired) electrons. The highest BCUT2D eigenvalue weighted by Gasteiger charge is 2.13. The van der Waals surface area contributed by atoms with Crippen LogP contribution in [0.4, 0.5) is 0 Å². The molecule has 0 aromatic carbocycles. The zero-order valence-corrected chi connectivity index (χ0v) is 9.16. The molecule has 1 heterocycles. The van der Waals surface area contributed by atoms with Crippen LogP contribution in [0.5, 0.6) is 0 Å². The first-order valence-electron chi connectivity index (χ1n) is 4.28. The highest BCUT2D eigenvalue weighted by molar-refractivity contribution is 9.10. The van der Waals surface area contributed by atoms with Crippen LogP contribution in [-0.4, -0.2) is 21.5 Å². The van der Waals surface area contributed by atoms with Crippen LogP contribution in [-0.2, 0) is 6.54 Å². The summed E-state index contributed by atoms with van der Waals surface area (Å²) in [4.78, 5) is 0. The molecule has 0 amide bonds. The molecule has 3 N–H and O–H groups in total. The Morgan fingerprint density at radius 2 is 2.46 bits per heavy atom. The second-order valence-corrected chi connectivity index (χ2v) is 3.58. The molecule has 0 aliphatic carbocycles. The maximum atomic E-state index is 8.73. The van der Waals surface area contributed by atoms with Gasteiger partial charge in [-0.25, -0.2) is 0 Å². The van der Waals surface area contributed by atoms with Gasteiger partial charge >= 0.3 is 0 Å². The lowest BCUT2D eigenvalue weighted by Gasteiger charge is -2.08. The van der Waals surface area contributed by atoms with Crippen molar-refractivity contribution in [2.45, 2.75) is 25.9 Å². The molecule has 0 bridgehead atoms. The van der Waals surface area contributed by atoms with Crippen LogP contribution in [0.15, 0.2) is 10.8 Å². The Labute approximate surface area is 85.9 Å². The molecular formula is C8H14BrN3O. The zero-order chi connectivity index (χ0) is 9.84. The van der Waals surface area contributed by atoms with Crippen molar-refractivity contribution in [3.8, 4) is 0 Å². The zero-order valence-electron chi connectivity index (χ0n) is 7.57. The van der Waals surface area contributed by atoms with Gasteiger partial charge in [0, 0.05) is 24.8 Å². The normalized spacial score (nSPS) is 13.2. The summed E-state index contributed by atoms with van der Waals surface area (Å²) >= 11 is 3.42. The van der Waals surface area contributed by atoms with Gasteiger partial charge in [-0.2, -0.15) is 5.10 Å². The van der Waals surface area contributed by atoms with Gasteiger partial charge in [-0.3, -0.25) is 4.68 Å². The van der Waals surface area contributed by atoms with Crippen LogP contribution in [0.2, 0.25) is 0 Å². The van der Waals surface area contributed by atoms with Crippen molar-refractivity contribution in [1.82, 2.24) is 9.78 Å². The molecule has 13 heavy (non-hydrogen) atoms. The molecule has 5 heteroatoms. The highest BCUT2D eigenvalue weighted by Crippen LogP contribution is 2.23. The van der Waals surface area contributed by atoms with Crippen molar-refractivity contribution < 1.29 is 5.11 Å². The van der Waals surface area contributed by atoms with E-state index in [0.717, 1.165) is 16.7 Å². The largest absolute Gasteiger partial charge is 0.396 e. The quantitative estimate of drug-likeness (QED) is 0.837. The maximum Gasteiger partial charge on any atom is 0.108 e. The van der Waals surface area contributed by atoms with Crippen LogP contribution in [0, 0.1) is 0 Å². The van der Waals surface area contributed by atoms with E-state index in [1.54, 1.807) is 6.20 Å². The fourth-order valence-corrected chi connectivity index (χ4v) is 1.89. The van der Waals surface area contributed by atoms with E-state index in [4.69, 9.17) is 10.8 Å². The van der Waals surface area contributed by atoms with E-state index in [2.05, 4.69) is 21.0 Å². The van der Waals surface area contributed by atoms with Gasteiger partial charge in [0.05, 0.1) is 6.20 Å². The minimum absolute atomic E-state index is 0.102. The van der Waals surface area contributed by atoms with E-state index in [1.807, 2.05) is 11.6 Å². The number of rotatable bonds is 4. The molecule has 1 aromatic heterocycles. The van der Waals surface area contributed by atoms with E-state index < -0.39 is 0 Å². The monoisotopic (exact) mass is 247 g/mol. The van der Waals surface area contributed by atoms with Crippen LogP contribution >= 0.6 is 15.9 Å². The van der Waals surface area contributed by atoms with Crippen molar-refractivity contribution >= 4 is 15.9 Å². The standard InChI is InChI=1S/C8H14BrN3O/c1-2-12-8(9)6(5-11-12)7(10)3-4-13/h5,7,13H,2-4,10H2,1H3. The number of nitrogens with zero attached hydrogens (tertiary/aromatic N) is 2. The van der Waals surface area contributed by atoms with E-state index >= 15 is 0 Å². The summed E-state index contributed by atoms with van der Waals surface area (Å²) in [6.45, 7) is 2.93. The van der Waals surface area contributed by atoms with Crippen molar-refractivity contribution in [3.63, 3.8) is 0 Å². The summed E-state index contributed by atoms with van der Waals surface area (Å²) < 4.78 is 2.74. The number of hydrogen-bond acceptors (Lipinski definition) is 3. The van der Waals surface area contributed by atoms with Gasteiger partial charge in [0.15, 0.2) is 0 Å². The van der Waals surface area contributed by atoms with E-state index in [1.165, 1.54) is 0 Å². The minimum atomic E-state index is -0.139. The summed E-state index contributed by atoms with van der Waals surface area (Å²) in [6, 6.07) is -0.139. The van der Waals surface area contributed by atoms with E-state index in [9.17, 15) is 0 Å². The lowest BCUT2D eigenvalue weighted by molar-refractivity contribution is 0.276. The topological polar surface area (TPSA) is 64.1 Å². The predicted octanol–water partition coefficient (Wildman–Crippen LogP) is 1.05. The first-order chi connectivity index (χ1) is 6.20. The molecule has 1 atom stereocenters. The molecule has 1 rings (SSSR count). The predicted molar refractivity (Wildman–Crippen MR) is 54.2 cm³/mol. The number of halogens is 1. The van der Waals surface area contributed by atoms with E-state index in [0.29, 0.717) is 6.42 Å². The summed E-state index contributed by atoms with van der Waals surface area (Å²) in [7, 11) is 0. The number of nitrogens with two attached hydrogens (primary N) is 1. The van der Waals surface area contributed by atoms with Crippen LogP contribution in [0.1, 0.15) is 24.9 Å². The van der Waals surface area contributed by atoms with Gasteiger partial charge in [0.25, 0.3) is 0 Å². The van der Waals surface area contributed by atoms with Gasteiger partial charge in [-0.15, -0.1) is 0 Å². The van der Waals surface area contributed by atoms with Crippen LogP contribution < -0.4 is 5.73 Å². The van der Waals surface area contributed by atoms with Gasteiger partial charge in [0.1, 0.15) is 4.60 Å². The number of aliphatic hydroxyl groups is 1. The molecule has 4 nitrogen and oxygen atoms in total. The van der Waals surface area contributed by atoms with Crippen LogP contribution in [0.3, 0.4) is 0 Å². The Kier molecular flexibility index (Phi) is 3.90. The molecule has 1 unspecified atom stereocenters. The number of aryl methyl sites for hydroxylation is 1. The highest BCUT2D eigenvalue weighted by atomic mass is 79.9. The third kappa shape index (κ3) is 2.30. The van der Waals surface area contributed by atoms with Gasteiger partial charge in [0.2, 0.25) is 0 Å². The maximum absolute atomic E-state index is 8.73. The third-order valence-corrected chi connectivity index (χ3v) is 2.81. The first kappa shape index (κ1) is 10.7. The number of aromatic nitrogens is 2. The van der Waals surface area contributed by atoms with Crippen molar-refractivity contribution in [2.24, 2.45) is 5.73 Å². The lowest BCUT2D eigenvalue weighted by Crippen LogP contribution is -2.12. The summed E-state index contributed by atoms with van der Waals surface area (Å²) in [5.41, 5.74) is 6.79. The Hall–Kier alpha value is -0.390. The molecular weight excluding hydrogens is 234 g/mol. The minimum Gasteiger partial charge on any atom is -0.396 e. The smallest absolute Gasteiger partial charge is 0.108 e. The molecule has 0 saturated carbocycles. The number of aliphatic hydroxyl groups excluding tert-OH is 1. The molecule has 1 aromatic rings. The fourth-order valence-electron chi connectivity index (χ4n) is 1.15. The summed E-state index contributed by atoms with van der Waals surface area (Å²) in [5.74, 6) is 0. The molecule has 0 aliphatic heterocycles. The Morgan fingerprint density at radius 3 is 2.92 bits per heavy atom. The van der Waals surface area contributed by atoms with Crippen molar-refractivity contribution in [2.75, 3.05) is 6.61 Å². The average Bonchev–Trinajstić information content (AvgIpc) is 2.47. The number of hydrogen-bond donors (Lipinski definition) is 2. The Balaban J connectivity index is 2.82. The second kappa shape index (κ2) is 4.74. The van der Waals surface area contributed by atoms with Gasteiger partial charge < -0.3 is 10.8 Å². The van der Waals surface area contributed by atoms with Gasteiger partial charge in [-0.05, 0) is 29.3 Å². The van der Waals surface area contributed by atoms with Crippen LogP contribution in [0.25, 0.3) is 0 Å². The van der Waals surface area contributed by atoms with Crippen molar-refractivity contribution in [3.05, 3.63) is 16.4 Å². The summed E-state index contributed by atoms with van der Waals surface area (Å²) in [5, 5.41) is 12.9. The van der Waals surface area contributed by atoms with Crippen molar-refractivity contribution in [1.29, 1.82) is 0 Å². The Morgan fingerprint density at radius 1 is 1.77 bits per heavy atom. The fraction of sp³-hybridized carbons (Fsp3) is 0.625. The van der Waals surface area contributed by atoms with E-state index in [-0.39, 0.29) is 12.6 Å². The first-order valence-corrected chi connectivity index (χ1v) is 5.07. The molecule has 0 spiro atoms. The Bertz CT molecular complexity index is 274. The lowest BCUT2D eigenvalue weighted by atomic mass is 10.1.